The Morgan fingerprint density at radius 1 is 1.21 bits per heavy atom. The van der Waals surface area contributed by atoms with Crippen molar-refractivity contribution >= 4 is 11.8 Å². The van der Waals surface area contributed by atoms with Crippen LogP contribution in [0.2, 0.25) is 0 Å². The molecule has 1 aromatic rings. The molecule has 6 heteroatoms. The number of morpholine rings is 1. The van der Waals surface area contributed by atoms with Crippen LogP contribution in [0.1, 0.15) is 30.1 Å². The number of hydrogen-bond donors (Lipinski definition) is 0. The minimum atomic E-state index is -0.370. The highest BCUT2D eigenvalue weighted by atomic mass is 16.5. The first-order valence-electron chi connectivity index (χ1n) is 8.61. The van der Waals surface area contributed by atoms with Crippen molar-refractivity contribution in [3.8, 4) is 5.75 Å². The van der Waals surface area contributed by atoms with Crippen LogP contribution in [0.4, 0.5) is 0 Å². The maximum atomic E-state index is 13.0. The van der Waals surface area contributed by atoms with Gasteiger partial charge in [-0.2, -0.15) is 0 Å². The fraction of sp³-hybridized carbons (Fsp3) is 0.556. The maximum Gasteiger partial charge on any atom is 0.258 e. The Kier molecular flexibility index (Phi) is 5.35. The first-order valence-corrected chi connectivity index (χ1v) is 8.61. The molecular weight excluding hydrogens is 308 g/mol. The molecule has 2 saturated heterocycles. The average molecular weight is 332 g/mol. The summed E-state index contributed by atoms with van der Waals surface area (Å²) in [5, 5.41) is 0. The molecule has 0 aliphatic carbocycles. The lowest BCUT2D eigenvalue weighted by Crippen LogP contribution is -2.51. The van der Waals surface area contributed by atoms with Gasteiger partial charge < -0.3 is 19.3 Å². The van der Waals surface area contributed by atoms with Gasteiger partial charge in [-0.1, -0.05) is 12.1 Å². The van der Waals surface area contributed by atoms with E-state index in [1.165, 1.54) is 0 Å². The second-order valence-corrected chi connectivity index (χ2v) is 6.02. The van der Waals surface area contributed by atoms with E-state index in [4.69, 9.17) is 9.47 Å². The molecule has 2 fully saturated rings. The minimum absolute atomic E-state index is 0.0399. The van der Waals surface area contributed by atoms with E-state index in [1.807, 2.05) is 24.0 Å². The summed E-state index contributed by atoms with van der Waals surface area (Å²) in [5.74, 6) is 0.496. The summed E-state index contributed by atoms with van der Waals surface area (Å²) in [7, 11) is 0. The van der Waals surface area contributed by atoms with Gasteiger partial charge in [-0.3, -0.25) is 9.59 Å². The van der Waals surface area contributed by atoms with Crippen molar-refractivity contribution in [3.63, 3.8) is 0 Å². The van der Waals surface area contributed by atoms with Crippen molar-refractivity contribution in [2.24, 2.45) is 0 Å². The first-order chi connectivity index (χ1) is 11.7. The third-order valence-corrected chi connectivity index (χ3v) is 4.54. The zero-order valence-corrected chi connectivity index (χ0v) is 14.1. The van der Waals surface area contributed by atoms with Gasteiger partial charge in [0.25, 0.3) is 5.91 Å². The molecule has 24 heavy (non-hydrogen) atoms. The molecule has 0 aromatic heterocycles. The third kappa shape index (κ3) is 3.38. The van der Waals surface area contributed by atoms with Crippen LogP contribution < -0.4 is 4.74 Å². The number of rotatable bonds is 4. The van der Waals surface area contributed by atoms with Gasteiger partial charge in [0.2, 0.25) is 5.91 Å². The maximum absolute atomic E-state index is 13.0. The Morgan fingerprint density at radius 2 is 1.96 bits per heavy atom. The standard InChI is InChI=1S/C18H24N2O4/c1-2-24-16-8-4-3-6-14(16)17(21)20-9-5-7-15(20)18(22)19-10-12-23-13-11-19/h3-4,6,8,15H,2,5,7,9-13H2,1H3. The predicted octanol–water partition coefficient (Wildman–Crippen LogP) is 1.55. The van der Waals surface area contributed by atoms with E-state index in [-0.39, 0.29) is 17.9 Å². The number of carbonyl (C=O) groups excluding carboxylic acids is 2. The zero-order valence-electron chi connectivity index (χ0n) is 14.1. The van der Waals surface area contributed by atoms with E-state index in [0.29, 0.717) is 50.8 Å². The van der Waals surface area contributed by atoms with Crippen molar-refractivity contribution in [1.82, 2.24) is 9.80 Å². The van der Waals surface area contributed by atoms with E-state index < -0.39 is 0 Å². The van der Waals surface area contributed by atoms with Gasteiger partial charge in [-0.25, -0.2) is 0 Å². The van der Waals surface area contributed by atoms with Gasteiger partial charge in [0.05, 0.1) is 25.4 Å². The molecule has 0 spiro atoms. The molecule has 0 N–H and O–H groups in total. The van der Waals surface area contributed by atoms with Crippen LogP contribution in [-0.4, -0.2) is 67.1 Å². The van der Waals surface area contributed by atoms with Crippen molar-refractivity contribution in [2.75, 3.05) is 39.5 Å². The monoisotopic (exact) mass is 332 g/mol. The Bertz CT molecular complexity index is 598. The number of para-hydroxylation sites is 1. The smallest absolute Gasteiger partial charge is 0.258 e. The largest absolute Gasteiger partial charge is 0.493 e. The molecule has 6 nitrogen and oxygen atoms in total. The predicted molar refractivity (Wildman–Crippen MR) is 89.1 cm³/mol. The lowest BCUT2D eigenvalue weighted by molar-refractivity contribution is -0.139. The number of amides is 2. The minimum Gasteiger partial charge on any atom is -0.493 e. The first kappa shape index (κ1) is 16.8. The van der Waals surface area contributed by atoms with E-state index in [9.17, 15) is 9.59 Å². The summed E-state index contributed by atoms with van der Waals surface area (Å²) in [5.41, 5.74) is 0.529. The summed E-state index contributed by atoms with van der Waals surface area (Å²) in [6, 6.07) is 6.87. The molecule has 130 valence electrons. The number of benzene rings is 1. The van der Waals surface area contributed by atoms with Crippen molar-refractivity contribution in [3.05, 3.63) is 29.8 Å². The fourth-order valence-electron chi connectivity index (χ4n) is 3.34. The van der Waals surface area contributed by atoms with Crippen molar-refractivity contribution in [2.45, 2.75) is 25.8 Å². The van der Waals surface area contributed by atoms with Crippen LogP contribution in [0.15, 0.2) is 24.3 Å². The summed E-state index contributed by atoms with van der Waals surface area (Å²) in [4.78, 5) is 29.3. The molecular formula is C18H24N2O4. The topological polar surface area (TPSA) is 59.1 Å². The van der Waals surface area contributed by atoms with Crippen LogP contribution in [0.3, 0.4) is 0 Å². The molecule has 0 bridgehead atoms. The number of nitrogens with zero attached hydrogens (tertiary/aromatic N) is 2. The van der Waals surface area contributed by atoms with E-state index in [0.717, 1.165) is 12.8 Å². The second kappa shape index (κ2) is 7.66. The number of ether oxygens (including phenoxy) is 2. The molecule has 1 atom stereocenters. The van der Waals surface area contributed by atoms with Gasteiger partial charge >= 0.3 is 0 Å². The molecule has 2 aliphatic heterocycles. The summed E-state index contributed by atoms with van der Waals surface area (Å²) >= 11 is 0. The average Bonchev–Trinajstić information content (AvgIpc) is 3.12. The number of likely N-dealkylation sites (tertiary alicyclic amines) is 1. The molecule has 1 aromatic carbocycles. The summed E-state index contributed by atoms with van der Waals surface area (Å²) < 4.78 is 10.9. The lowest BCUT2D eigenvalue weighted by atomic mass is 10.1. The van der Waals surface area contributed by atoms with Crippen LogP contribution in [0, 0.1) is 0 Å². The molecule has 3 rings (SSSR count). The van der Waals surface area contributed by atoms with Crippen LogP contribution >= 0.6 is 0 Å². The van der Waals surface area contributed by atoms with Gasteiger partial charge in [-0.05, 0) is 31.9 Å². The van der Waals surface area contributed by atoms with Gasteiger partial charge in [0.1, 0.15) is 11.8 Å². The van der Waals surface area contributed by atoms with Crippen LogP contribution in [0.25, 0.3) is 0 Å². The normalized spacial score (nSPS) is 21.0. The Labute approximate surface area is 142 Å². The fourth-order valence-corrected chi connectivity index (χ4v) is 3.34. The van der Waals surface area contributed by atoms with E-state index in [2.05, 4.69) is 0 Å². The Hall–Kier alpha value is -2.08. The van der Waals surface area contributed by atoms with Crippen molar-refractivity contribution < 1.29 is 19.1 Å². The summed E-state index contributed by atoms with van der Waals surface area (Å²) in [6.45, 7) is 5.35. The highest BCUT2D eigenvalue weighted by Gasteiger charge is 2.37. The quantitative estimate of drug-likeness (QED) is 0.839. The third-order valence-electron chi connectivity index (χ3n) is 4.54. The van der Waals surface area contributed by atoms with Gasteiger partial charge in [0.15, 0.2) is 0 Å². The lowest BCUT2D eigenvalue weighted by Gasteiger charge is -2.32. The van der Waals surface area contributed by atoms with Crippen LogP contribution in [-0.2, 0) is 9.53 Å². The van der Waals surface area contributed by atoms with E-state index in [1.54, 1.807) is 17.0 Å². The van der Waals surface area contributed by atoms with Crippen molar-refractivity contribution in [1.29, 1.82) is 0 Å². The van der Waals surface area contributed by atoms with Gasteiger partial charge in [-0.15, -0.1) is 0 Å². The molecule has 2 amide bonds. The SMILES string of the molecule is CCOc1ccccc1C(=O)N1CCCC1C(=O)N1CCOCC1. The molecule has 0 saturated carbocycles. The highest BCUT2D eigenvalue weighted by molar-refractivity contribution is 6.00. The number of hydrogen-bond acceptors (Lipinski definition) is 4. The Balaban J connectivity index is 1.77. The van der Waals surface area contributed by atoms with Gasteiger partial charge in [0, 0.05) is 19.6 Å². The molecule has 0 radical (unpaired) electrons. The Morgan fingerprint density at radius 3 is 2.71 bits per heavy atom. The van der Waals surface area contributed by atoms with E-state index >= 15 is 0 Å². The summed E-state index contributed by atoms with van der Waals surface area (Å²) in [6.07, 6.45) is 1.57. The number of carbonyl (C=O) groups is 2. The van der Waals surface area contributed by atoms with Crippen LogP contribution in [0.5, 0.6) is 5.75 Å². The molecule has 2 heterocycles. The molecule has 1 unspecified atom stereocenters. The zero-order chi connectivity index (χ0) is 16.9. The molecule has 2 aliphatic rings. The second-order valence-electron chi connectivity index (χ2n) is 6.02. The highest BCUT2D eigenvalue weighted by Crippen LogP contribution is 2.26.